The number of fused-ring (bicyclic) bond motifs is 12. The Kier molecular flexibility index (Phi) is 20.0. The largest absolute Gasteiger partial charge is 3.00 e. The predicted molar refractivity (Wildman–Crippen MR) is 502 cm³/mol. The fourth-order valence-electron chi connectivity index (χ4n) is 18.0. The second-order valence-electron chi connectivity index (χ2n) is 31.1. The zero-order valence-electron chi connectivity index (χ0n) is 66.5. The molecular weight excluding hydrogens is 1860 g/mol. The van der Waals surface area contributed by atoms with Crippen molar-refractivity contribution < 1.29 is 40.2 Å². The molecule has 0 bridgehead atoms. The van der Waals surface area contributed by atoms with E-state index in [4.69, 9.17) is 29.9 Å². The van der Waals surface area contributed by atoms with Crippen molar-refractivity contribution in [3.8, 4) is 156 Å². The van der Waals surface area contributed by atoms with Gasteiger partial charge in [-0.3, -0.25) is 0 Å². The number of rotatable bonds is 14. The molecule has 0 atom stereocenters. The summed E-state index contributed by atoms with van der Waals surface area (Å²) in [7, 11) is 0. The van der Waals surface area contributed by atoms with E-state index in [9.17, 15) is 0 Å². The number of aromatic nitrogens is 6. The maximum atomic E-state index is 5.17. The zero-order chi connectivity index (χ0) is 80.6. The van der Waals surface area contributed by atoms with Crippen LogP contribution in [0, 0.1) is 36.4 Å². The number of pyridine rings is 6. The molecule has 0 saturated carbocycles. The quantitative estimate of drug-likeness (QED) is 0.0797. The van der Waals surface area contributed by atoms with Gasteiger partial charge in [0, 0.05) is 37.2 Å². The van der Waals surface area contributed by atoms with Crippen LogP contribution >= 0.6 is 0 Å². The third kappa shape index (κ3) is 14.0. The SMILES string of the molecule is [Ir+3].[Ir+3].[c-]1cc(-c2ccc(-c3ccccc3-c3cc(-c4ccccc4-c4cnc5c(ccc6ccc[c-]c65)c4)cc(-c4ccccc4-c4cnc5c(ccc6ccc[c-]c65)c4)c3)cn2)[c-]cc1-c1ccc(-c2ccccc2-c2cc(-c3ccccc3-c3cnc4c(ccc5ccc[c-]c54)c3)cc(-c3ccccc3-c3cnc4c(ccc5ccc[c-]c54)c3)c2)cn1. The normalized spacial score (nSPS) is 11.4. The summed E-state index contributed by atoms with van der Waals surface area (Å²) in [4.78, 5) is 30.9. The van der Waals surface area contributed by atoms with E-state index in [-0.39, 0.29) is 40.2 Å². The van der Waals surface area contributed by atoms with Crippen LogP contribution in [0.4, 0.5) is 0 Å². The molecule has 0 amide bonds. The van der Waals surface area contributed by atoms with E-state index < -0.39 is 0 Å². The zero-order valence-corrected chi connectivity index (χ0v) is 71.2. The molecule has 23 aromatic rings. The van der Waals surface area contributed by atoms with Crippen molar-refractivity contribution in [2.75, 3.05) is 0 Å². The van der Waals surface area contributed by atoms with Crippen LogP contribution < -0.4 is 0 Å². The third-order valence-corrected chi connectivity index (χ3v) is 23.9. The third-order valence-electron chi connectivity index (χ3n) is 23.9. The Bertz CT molecular complexity index is 7310. The summed E-state index contributed by atoms with van der Waals surface area (Å²) in [5, 5.41) is 12.8. The first-order valence-corrected chi connectivity index (χ1v) is 41.0. The molecule has 8 heteroatoms. The van der Waals surface area contributed by atoms with E-state index >= 15 is 0 Å². The molecule has 23 rings (SSSR count). The maximum absolute atomic E-state index is 5.17. The van der Waals surface area contributed by atoms with Crippen molar-refractivity contribution in [1.82, 2.24) is 29.9 Å². The Balaban J connectivity index is 0.00000471. The summed E-state index contributed by atoms with van der Waals surface area (Å²) in [5.74, 6) is 0. The summed E-state index contributed by atoms with van der Waals surface area (Å²) in [5.41, 5.74) is 32.4. The van der Waals surface area contributed by atoms with E-state index in [0.717, 1.165) is 243 Å². The van der Waals surface area contributed by atoms with Crippen molar-refractivity contribution >= 4 is 86.7 Å². The first kappa shape index (κ1) is 76.4. The standard InChI is InChI=1S/C116H66N6.2Ir/c1-5-37-107-73(21-1)41-49-79-57-91(69-119-113(79)107)103-33-17-13-29-99(103)87-61-85(62-88(65-87)100-30-14-18-34-104(100)92-58-80-50-42-74-22-2-6-38-108(74)114(80)120-70-92)97-27-11-9-25-95(97)83-53-55-111(117-67-83)77-45-47-78(48-46-77)112-56-54-84(68-118-112)96-26-10-12-28-98(96)86-63-89(101-31-15-19-35-105(101)93-59-81-51-43-75-23-3-7-39-109(75)115(81)121-71-93)66-90(64-86)102-32-16-20-36-106(102)94-60-82-52-44-76-24-4-8-40-110(76)116(82)122-72-94;;/h1-36,41-45,48-72H;;/q-6;2*+3. The molecule has 0 saturated heterocycles. The van der Waals surface area contributed by atoms with Crippen LogP contribution in [0.5, 0.6) is 0 Å². The number of benzene rings is 17. The van der Waals surface area contributed by atoms with Crippen LogP contribution in [0.3, 0.4) is 0 Å². The molecule has 0 aliphatic carbocycles. The average Bonchev–Trinajstić information content (AvgIpc) is 0.773. The van der Waals surface area contributed by atoms with Gasteiger partial charge >= 0.3 is 40.2 Å². The van der Waals surface area contributed by atoms with Gasteiger partial charge in [0.15, 0.2) is 0 Å². The number of hydrogen-bond acceptors (Lipinski definition) is 6. The summed E-state index contributed by atoms with van der Waals surface area (Å²) >= 11 is 0. The fraction of sp³-hybridized carbons (Fsp3) is 0. The molecule has 0 spiro atoms. The molecular formula is C116H66Ir2N6. The van der Waals surface area contributed by atoms with E-state index in [0.29, 0.717) is 0 Å². The van der Waals surface area contributed by atoms with Gasteiger partial charge in [-0.05, 0) is 214 Å². The van der Waals surface area contributed by atoms with Gasteiger partial charge < -0.3 is 29.9 Å². The maximum Gasteiger partial charge on any atom is 3.00 e. The first-order valence-electron chi connectivity index (χ1n) is 41.0. The van der Waals surface area contributed by atoms with Gasteiger partial charge in [0.1, 0.15) is 0 Å². The van der Waals surface area contributed by atoms with Crippen molar-refractivity contribution in [3.63, 3.8) is 0 Å². The molecule has 0 aliphatic rings. The average molecular weight is 1930 g/mol. The second kappa shape index (κ2) is 32.5. The smallest absolute Gasteiger partial charge is 0.314 e. The van der Waals surface area contributed by atoms with E-state index in [1.54, 1.807) is 0 Å². The van der Waals surface area contributed by atoms with Crippen LogP contribution in [0.25, 0.3) is 243 Å². The molecule has 578 valence electrons. The number of hydrogen-bond donors (Lipinski definition) is 0. The Morgan fingerprint density at radius 1 is 0.161 bits per heavy atom. The van der Waals surface area contributed by atoms with Crippen LogP contribution in [0.1, 0.15) is 0 Å². The Morgan fingerprint density at radius 3 is 0.589 bits per heavy atom. The van der Waals surface area contributed by atoms with E-state index in [1.165, 1.54) is 0 Å². The van der Waals surface area contributed by atoms with Crippen LogP contribution in [-0.2, 0) is 40.2 Å². The summed E-state index contributed by atoms with van der Waals surface area (Å²) in [6.07, 6.45) is 12.0. The van der Waals surface area contributed by atoms with Crippen LogP contribution in [0.15, 0.2) is 401 Å². The molecule has 124 heavy (non-hydrogen) atoms. The van der Waals surface area contributed by atoms with Gasteiger partial charge in [0.05, 0.1) is 0 Å². The summed E-state index contributed by atoms with van der Waals surface area (Å²) in [6.45, 7) is 0. The van der Waals surface area contributed by atoms with Gasteiger partial charge in [0.2, 0.25) is 0 Å². The Labute approximate surface area is 744 Å². The summed E-state index contributed by atoms with van der Waals surface area (Å²) in [6, 6.07) is 150. The molecule has 0 fully saturated rings. The monoisotopic (exact) mass is 1930 g/mol. The van der Waals surface area contributed by atoms with E-state index in [2.05, 4.69) is 340 Å². The minimum absolute atomic E-state index is 0. The van der Waals surface area contributed by atoms with Crippen molar-refractivity contribution in [1.29, 1.82) is 0 Å². The second-order valence-corrected chi connectivity index (χ2v) is 31.1. The van der Waals surface area contributed by atoms with Gasteiger partial charge in [-0.1, -0.05) is 254 Å². The molecule has 0 unspecified atom stereocenters. The van der Waals surface area contributed by atoms with Crippen molar-refractivity contribution in [2.24, 2.45) is 0 Å². The topological polar surface area (TPSA) is 77.3 Å². The van der Waals surface area contributed by atoms with E-state index in [1.807, 2.05) is 97.8 Å². The Hall–Kier alpha value is -15.0. The van der Waals surface area contributed by atoms with Crippen LogP contribution in [-0.4, -0.2) is 29.9 Å². The molecule has 6 aromatic heterocycles. The van der Waals surface area contributed by atoms with Gasteiger partial charge in [-0.15, -0.1) is 140 Å². The Morgan fingerprint density at radius 2 is 0.371 bits per heavy atom. The molecule has 0 aliphatic heterocycles. The molecule has 17 aromatic carbocycles. The fourth-order valence-corrected chi connectivity index (χ4v) is 18.0. The molecule has 6 heterocycles. The minimum atomic E-state index is 0. The van der Waals surface area contributed by atoms with Crippen LogP contribution in [0.2, 0.25) is 0 Å². The first-order chi connectivity index (χ1) is 60.4. The van der Waals surface area contributed by atoms with Crippen molar-refractivity contribution in [3.05, 3.63) is 438 Å². The van der Waals surface area contributed by atoms with Gasteiger partial charge in [0.25, 0.3) is 0 Å². The van der Waals surface area contributed by atoms with Gasteiger partial charge in [-0.2, -0.15) is 0 Å². The predicted octanol–water partition coefficient (Wildman–Crippen LogP) is 29.4. The molecule has 0 radical (unpaired) electrons. The summed E-state index contributed by atoms with van der Waals surface area (Å²) < 4.78 is 0. The molecule has 0 N–H and O–H groups in total. The van der Waals surface area contributed by atoms with Gasteiger partial charge in [-0.25, -0.2) is 35.4 Å². The number of nitrogens with zero attached hydrogens (tertiary/aromatic N) is 6. The molecule has 6 nitrogen and oxygen atoms in total. The minimum Gasteiger partial charge on any atom is -0.314 e. The van der Waals surface area contributed by atoms with Crippen molar-refractivity contribution in [2.45, 2.75) is 0 Å².